The highest BCUT2D eigenvalue weighted by Crippen LogP contribution is 2.48. The van der Waals surface area contributed by atoms with Gasteiger partial charge in [-0.05, 0) is 72.1 Å². The van der Waals surface area contributed by atoms with Gasteiger partial charge in [0.2, 0.25) is 0 Å². The lowest BCUT2D eigenvalue weighted by Gasteiger charge is -2.54. The summed E-state index contributed by atoms with van der Waals surface area (Å²) in [6, 6.07) is 20.9. The Balaban J connectivity index is 2.17. The highest BCUT2D eigenvalue weighted by Gasteiger charge is 2.56. The van der Waals surface area contributed by atoms with Crippen molar-refractivity contribution in [2.75, 3.05) is 6.61 Å². The molecule has 2 aromatic carbocycles. The van der Waals surface area contributed by atoms with Crippen LogP contribution in [0.2, 0.25) is 54.4 Å². The SMILES string of the molecule is CC(C)(C)[Si](C)(C)O[C@@H]1[C@@H](O[Si](C)(C)C(C)(C)C)[C@@H](Sc2ccccc2)O[C@H](COCc2ccccc2)[C@H]1O[Si](C)(C)C(C)(C)C. The lowest BCUT2D eigenvalue weighted by Crippen LogP contribution is -2.67. The lowest BCUT2D eigenvalue weighted by molar-refractivity contribution is -0.198. The Kier molecular flexibility index (Phi) is 12.9. The summed E-state index contributed by atoms with van der Waals surface area (Å²) in [7, 11) is -6.82. The largest absolute Gasteiger partial charge is 0.408 e. The molecule has 260 valence electrons. The number of rotatable bonds is 12. The molecule has 3 rings (SSSR count). The first kappa shape index (κ1) is 39.7. The summed E-state index contributed by atoms with van der Waals surface area (Å²) in [4.78, 5) is 1.15. The highest BCUT2D eigenvalue weighted by molar-refractivity contribution is 7.99. The Labute approximate surface area is 289 Å². The first-order valence-corrected chi connectivity index (χ1v) is 26.6. The molecule has 0 spiro atoms. The van der Waals surface area contributed by atoms with Crippen LogP contribution in [0.1, 0.15) is 67.9 Å². The summed E-state index contributed by atoms with van der Waals surface area (Å²) in [6.07, 6.45) is -1.30. The maximum absolute atomic E-state index is 7.53. The molecule has 0 unspecified atom stereocenters. The Morgan fingerprint density at radius 3 is 1.46 bits per heavy atom. The zero-order valence-electron chi connectivity index (χ0n) is 31.5. The molecule has 2 aromatic rings. The summed E-state index contributed by atoms with van der Waals surface area (Å²) < 4.78 is 36.0. The fraction of sp³-hybridized carbons (Fsp3) is 0.676. The molecule has 1 aliphatic rings. The molecule has 5 atom stereocenters. The van der Waals surface area contributed by atoms with E-state index in [0.29, 0.717) is 13.2 Å². The third kappa shape index (κ3) is 10.1. The van der Waals surface area contributed by atoms with Crippen LogP contribution in [0.3, 0.4) is 0 Å². The molecule has 0 bridgehead atoms. The first-order chi connectivity index (χ1) is 21.0. The zero-order valence-corrected chi connectivity index (χ0v) is 35.3. The van der Waals surface area contributed by atoms with E-state index in [9.17, 15) is 0 Å². The molecule has 5 nitrogen and oxygen atoms in total. The van der Waals surface area contributed by atoms with Crippen molar-refractivity contribution < 1.29 is 22.8 Å². The van der Waals surface area contributed by atoms with Gasteiger partial charge in [-0.25, -0.2) is 0 Å². The van der Waals surface area contributed by atoms with Gasteiger partial charge in [-0.15, -0.1) is 0 Å². The van der Waals surface area contributed by atoms with E-state index in [-0.39, 0.29) is 45.0 Å². The molecule has 1 saturated heterocycles. The third-order valence-corrected chi connectivity index (χ3v) is 25.3. The van der Waals surface area contributed by atoms with Crippen molar-refractivity contribution in [3.63, 3.8) is 0 Å². The summed E-state index contributed by atoms with van der Waals surface area (Å²) in [6.45, 7) is 35.6. The van der Waals surface area contributed by atoms with Crippen molar-refractivity contribution in [3.05, 3.63) is 66.2 Å². The van der Waals surface area contributed by atoms with Crippen LogP contribution in [0.25, 0.3) is 0 Å². The van der Waals surface area contributed by atoms with Crippen molar-refractivity contribution in [1.82, 2.24) is 0 Å². The summed E-state index contributed by atoms with van der Waals surface area (Å²) in [5.74, 6) is 0. The maximum Gasteiger partial charge on any atom is 0.192 e. The van der Waals surface area contributed by atoms with E-state index in [1.807, 2.05) is 6.07 Å². The Morgan fingerprint density at radius 1 is 0.587 bits per heavy atom. The summed E-state index contributed by atoms with van der Waals surface area (Å²) >= 11 is 1.73. The maximum atomic E-state index is 7.53. The molecule has 0 radical (unpaired) electrons. The highest BCUT2D eigenvalue weighted by atomic mass is 32.2. The van der Waals surface area contributed by atoms with Crippen LogP contribution in [0.5, 0.6) is 0 Å². The monoisotopic (exact) mass is 704 g/mol. The number of thioether (sulfide) groups is 1. The summed E-state index contributed by atoms with van der Waals surface area (Å²) in [5.41, 5.74) is 0.847. The van der Waals surface area contributed by atoms with Gasteiger partial charge in [-0.1, -0.05) is 123 Å². The fourth-order valence-electron chi connectivity index (χ4n) is 4.56. The molecule has 0 saturated carbocycles. The van der Waals surface area contributed by atoms with Crippen molar-refractivity contribution in [3.8, 4) is 0 Å². The normalized spacial score (nSPS) is 23.8. The molecule has 0 N–H and O–H groups in total. The molecule has 0 aromatic heterocycles. The minimum Gasteiger partial charge on any atom is -0.408 e. The van der Waals surface area contributed by atoms with Crippen LogP contribution in [-0.4, -0.2) is 61.4 Å². The van der Waals surface area contributed by atoms with Crippen LogP contribution in [0.4, 0.5) is 0 Å². The molecular formula is C37H64O5SSi3. The number of hydrogen-bond donors (Lipinski definition) is 0. The molecule has 1 fully saturated rings. The lowest BCUT2D eigenvalue weighted by atomic mass is 10.0. The number of benzene rings is 2. The average molecular weight is 705 g/mol. The van der Waals surface area contributed by atoms with Gasteiger partial charge in [0, 0.05) is 4.90 Å². The Hall–Kier alpha value is -0.759. The van der Waals surface area contributed by atoms with Gasteiger partial charge in [-0.2, -0.15) is 0 Å². The zero-order chi connectivity index (χ0) is 34.8. The molecular weight excluding hydrogens is 641 g/mol. The van der Waals surface area contributed by atoms with E-state index in [2.05, 4.69) is 156 Å². The van der Waals surface area contributed by atoms with Crippen molar-refractivity contribution in [2.24, 2.45) is 0 Å². The van der Waals surface area contributed by atoms with Crippen molar-refractivity contribution in [1.29, 1.82) is 0 Å². The second-order valence-electron chi connectivity index (χ2n) is 17.5. The standard InChI is InChI=1S/C37H64O5SSi3/c1-35(2,3)44(10,11)40-31-30(27-38-26-28-22-18-16-19-23-28)39-34(43-29-24-20-17-21-25-29)33(42-46(14,15)37(7,8)9)32(31)41-45(12,13)36(4,5)6/h16-25,30-34H,26-27H2,1-15H3/t30-,31-,32+,33-,34-/m1/s1. The molecule has 0 aliphatic carbocycles. The predicted octanol–water partition coefficient (Wildman–Crippen LogP) is 10.9. The quantitative estimate of drug-likeness (QED) is 0.205. The topological polar surface area (TPSA) is 46.2 Å². The Bertz CT molecular complexity index is 1220. The molecule has 0 amide bonds. The number of hydrogen-bond acceptors (Lipinski definition) is 6. The van der Waals surface area contributed by atoms with Gasteiger partial charge in [-0.3, -0.25) is 0 Å². The molecule has 1 heterocycles. The van der Waals surface area contributed by atoms with Crippen LogP contribution in [0.15, 0.2) is 65.6 Å². The minimum atomic E-state index is -2.29. The smallest absolute Gasteiger partial charge is 0.192 e. The van der Waals surface area contributed by atoms with E-state index in [4.69, 9.17) is 22.8 Å². The predicted molar refractivity (Wildman–Crippen MR) is 203 cm³/mol. The minimum absolute atomic E-state index is 0.00932. The van der Waals surface area contributed by atoms with Gasteiger partial charge in [0.05, 0.1) is 13.2 Å². The summed E-state index contributed by atoms with van der Waals surface area (Å²) in [5, 5.41) is 0.0348. The van der Waals surface area contributed by atoms with Crippen molar-refractivity contribution in [2.45, 2.75) is 158 Å². The fourth-order valence-corrected chi connectivity index (χ4v) is 9.70. The molecule has 1 aliphatic heterocycles. The van der Waals surface area contributed by atoms with Crippen LogP contribution >= 0.6 is 11.8 Å². The Morgan fingerprint density at radius 2 is 1.00 bits per heavy atom. The van der Waals surface area contributed by atoms with Crippen LogP contribution in [-0.2, 0) is 29.4 Å². The first-order valence-electron chi connectivity index (χ1n) is 17.0. The van der Waals surface area contributed by atoms with Gasteiger partial charge >= 0.3 is 0 Å². The molecule has 46 heavy (non-hydrogen) atoms. The van der Waals surface area contributed by atoms with E-state index in [1.165, 1.54) is 0 Å². The van der Waals surface area contributed by atoms with Crippen LogP contribution in [0, 0.1) is 0 Å². The van der Waals surface area contributed by atoms with Crippen LogP contribution < -0.4 is 0 Å². The molecule has 9 heteroatoms. The second kappa shape index (κ2) is 15.0. The van der Waals surface area contributed by atoms with E-state index in [1.54, 1.807) is 11.8 Å². The van der Waals surface area contributed by atoms with Gasteiger partial charge in [0.15, 0.2) is 25.0 Å². The van der Waals surface area contributed by atoms with Gasteiger partial charge < -0.3 is 22.8 Å². The van der Waals surface area contributed by atoms with E-state index >= 15 is 0 Å². The van der Waals surface area contributed by atoms with E-state index in [0.717, 1.165) is 10.5 Å². The van der Waals surface area contributed by atoms with E-state index < -0.39 is 25.0 Å². The van der Waals surface area contributed by atoms with Gasteiger partial charge in [0.25, 0.3) is 0 Å². The average Bonchev–Trinajstić information content (AvgIpc) is 2.91. The third-order valence-electron chi connectivity index (χ3n) is 10.7. The second-order valence-corrected chi connectivity index (χ2v) is 32.9. The van der Waals surface area contributed by atoms with Gasteiger partial charge in [0.1, 0.15) is 29.9 Å². The number of ether oxygens (including phenoxy) is 2. The van der Waals surface area contributed by atoms with Crippen molar-refractivity contribution >= 4 is 36.7 Å².